The van der Waals surface area contributed by atoms with Crippen LogP contribution in [0.25, 0.3) is 0 Å². The number of aliphatic hydroxyl groups is 3. The highest BCUT2D eigenvalue weighted by atomic mass is 19.1. The summed E-state index contributed by atoms with van der Waals surface area (Å²) in [5.74, 6) is -1.34. The Hall–Kier alpha value is -3.47. The van der Waals surface area contributed by atoms with E-state index in [4.69, 9.17) is 9.47 Å². The lowest BCUT2D eigenvalue weighted by Crippen LogP contribution is -2.55. The first-order valence-electron chi connectivity index (χ1n) is 12.6. The van der Waals surface area contributed by atoms with Crippen molar-refractivity contribution in [1.29, 1.82) is 0 Å². The second-order valence-corrected chi connectivity index (χ2v) is 9.38. The van der Waals surface area contributed by atoms with Gasteiger partial charge in [0.1, 0.15) is 18.0 Å². The number of hydrogen-bond acceptors (Lipinski definition) is 7. The smallest absolute Gasteiger partial charge is 0.247 e. The molecular formula is C28H33FN2O7. The molecule has 2 aromatic carbocycles. The van der Waals surface area contributed by atoms with E-state index < -0.39 is 35.9 Å². The van der Waals surface area contributed by atoms with E-state index in [1.807, 2.05) is 6.92 Å². The molecule has 0 bridgehead atoms. The van der Waals surface area contributed by atoms with E-state index in [1.54, 1.807) is 30.3 Å². The van der Waals surface area contributed by atoms with Crippen molar-refractivity contribution in [2.75, 3.05) is 20.3 Å². The van der Waals surface area contributed by atoms with Crippen molar-refractivity contribution in [1.82, 2.24) is 10.2 Å². The molecule has 2 amide bonds. The number of nitrogens with one attached hydrogen (secondary N) is 1. The number of benzene rings is 2. The lowest BCUT2D eigenvalue weighted by molar-refractivity contribution is -0.138. The summed E-state index contributed by atoms with van der Waals surface area (Å²) in [6.45, 7) is 1.19. The first-order valence-corrected chi connectivity index (χ1v) is 12.6. The highest BCUT2D eigenvalue weighted by Crippen LogP contribution is 2.51. The van der Waals surface area contributed by atoms with Crippen molar-refractivity contribution >= 4 is 11.8 Å². The van der Waals surface area contributed by atoms with Crippen LogP contribution in [0.2, 0.25) is 0 Å². The summed E-state index contributed by atoms with van der Waals surface area (Å²) in [7, 11) is 1.45. The van der Waals surface area contributed by atoms with Crippen LogP contribution in [0.5, 0.6) is 11.5 Å². The van der Waals surface area contributed by atoms with Crippen molar-refractivity contribution in [3.63, 3.8) is 0 Å². The van der Waals surface area contributed by atoms with E-state index in [0.717, 1.165) is 0 Å². The number of amides is 2. The molecule has 0 saturated carbocycles. The molecule has 10 heteroatoms. The van der Waals surface area contributed by atoms with Crippen LogP contribution in [0.1, 0.15) is 42.4 Å². The number of carbonyl (C=O) groups is 2. The summed E-state index contributed by atoms with van der Waals surface area (Å²) in [6, 6.07) is 8.41. The highest BCUT2D eigenvalue weighted by molar-refractivity contribution is 5.96. The first kappa shape index (κ1) is 27.6. The molecule has 204 valence electrons. The number of methoxy groups -OCH3 is 1. The minimum Gasteiger partial charge on any atom is -0.493 e. The second kappa shape index (κ2) is 11.9. The Morgan fingerprint density at radius 1 is 1.21 bits per heavy atom. The fraction of sp³-hybridized carbons (Fsp3) is 0.429. The Labute approximate surface area is 220 Å². The van der Waals surface area contributed by atoms with Gasteiger partial charge >= 0.3 is 0 Å². The van der Waals surface area contributed by atoms with E-state index in [9.17, 15) is 29.3 Å². The molecule has 4 rings (SSSR count). The maximum atomic E-state index is 14.6. The molecule has 2 aromatic rings. The van der Waals surface area contributed by atoms with Gasteiger partial charge in [-0.1, -0.05) is 25.1 Å². The summed E-state index contributed by atoms with van der Waals surface area (Å²) in [6.07, 6.45) is 0.00842. The molecular weight excluding hydrogens is 495 g/mol. The summed E-state index contributed by atoms with van der Waals surface area (Å²) < 4.78 is 26.2. The topological polar surface area (TPSA) is 129 Å². The van der Waals surface area contributed by atoms with Gasteiger partial charge < -0.3 is 35.0 Å². The summed E-state index contributed by atoms with van der Waals surface area (Å²) in [4.78, 5) is 28.0. The third-order valence-corrected chi connectivity index (χ3v) is 6.94. The fourth-order valence-corrected chi connectivity index (χ4v) is 5.15. The number of hydrogen-bond donors (Lipinski definition) is 4. The standard InChI is InChI=1S/C28H33FN2O7/c1-3-6-23(34)31(14-17-7-4-5-8-20(17)29)21-13-19(28(36)30-9-10-32)24-18-11-16(15-33)12-22(37-2)26(18)38-27(24)25(21)35/h4-5,7-8,11-13,21,24-25,27,32-33,35H,3,6,9-10,14-15H2,1-2H3,(H,30,36). The Morgan fingerprint density at radius 2 is 1.97 bits per heavy atom. The van der Waals surface area contributed by atoms with E-state index in [0.29, 0.717) is 29.0 Å². The van der Waals surface area contributed by atoms with Crippen LogP contribution in [0, 0.1) is 5.82 Å². The third-order valence-electron chi connectivity index (χ3n) is 6.94. The lowest BCUT2D eigenvalue weighted by Gasteiger charge is -2.40. The molecule has 0 fully saturated rings. The molecule has 0 saturated heterocycles. The number of nitrogens with zero attached hydrogens (tertiary/aromatic N) is 1. The van der Waals surface area contributed by atoms with Crippen LogP contribution in [0.4, 0.5) is 4.39 Å². The molecule has 4 atom stereocenters. The number of fused-ring (bicyclic) bond motifs is 3. The zero-order chi connectivity index (χ0) is 27.4. The van der Waals surface area contributed by atoms with Gasteiger partial charge in [0, 0.05) is 36.2 Å². The SMILES string of the molecule is CCCC(=O)N(Cc1ccccc1F)C1C=C(C(=O)NCCO)C2c3cc(CO)cc(OC)c3OC2C1O. The highest BCUT2D eigenvalue weighted by Gasteiger charge is 2.51. The number of ether oxygens (including phenoxy) is 2. The molecule has 2 aliphatic rings. The summed E-state index contributed by atoms with van der Waals surface area (Å²) >= 11 is 0. The van der Waals surface area contributed by atoms with Gasteiger partial charge in [-0.2, -0.15) is 0 Å². The maximum Gasteiger partial charge on any atom is 0.247 e. The zero-order valence-corrected chi connectivity index (χ0v) is 21.4. The molecule has 0 aromatic heterocycles. The van der Waals surface area contributed by atoms with Gasteiger partial charge in [0.25, 0.3) is 0 Å². The molecule has 1 heterocycles. The minimum atomic E-state index is -1.27. The van der Waals surface area contributed by atoms with Gasteiger partial charge in [-0.25, -0.2) is 4.39 Å². The summed E-state index contributed by atoms with van der Waals surface area (Å²) in [5.41, 5.74) is 1.60. The Bertz CT molecular complexity index is 1220. The monoisotopic (exact) mass is 528 g/mol. The number of aliphatic hydroxyl groups excluding tert-OH is 3. The van der Waals surface area contributed by atoms with Gasteiger partial charge in [0.05, 0.1) is 32.3 Å². The van der Waals surface area contributed by atoms with Gasteiger partial charge in [-0.15, -0.1) is 0 Å². The predicted octanol–water partition coefficient (Wildman–Crippen LogP) is 1.78. The normalized spacial score (nSPS) is 21.6. The zero-order valence-electron chi connectivity index (χ0n) is 21.4. The molecule has 1 aliphatic carbocycles. The van der Waals surface area contributed by atoms with Gasteiger partial charge in [0.15, 0.2) is 11.5 Å². The van der Waals surface area contributed by atoms with Crippen molar-refractivity contribution in [3.8, 4) is 11.5 Å². The van der Waals surface area contributed by atoms with Crippen LogP contribution in [-0.2, 0) is 22.7 Å². The minimum absolute atomic E-state index is 0.00218. The van der Waals surface area contributed by atoms with Gasteiger partial charge in [-0.3, -0.25) is 9.59 Å². The Morgan fingerprint density at radius 3 is 2.63 bits per heavy atom. The molecule has 0 spiro atoms. The molecule has 9 nitrogen and oxygen atoms in total. The van der Waals surface area contributed by atoms with Crippen molar-refractivity contribution in [2.45, 2.75) is 57.1 Å². The number of rotatable bonds is 10. The Balaban J connectivity index is 1.82. The lowest BCUT2D eigenvalue weighted by atomic mass is 9.77. The van der Waals surface area contributed by atoms with Gasteiger partial charge in [0.2, 0.25) is 11.8 Å². The molecule has 4 N–H and O–H groups in total. The third kappa shape index (κ3) is 5.24. The quantitative estimate of drug-likeness (QED) is 0.370. The van der Waals surface area contributed by atoms with Crippen molar-refractivity contribution in [3.05, 3.63) is 70.6 Å². The summed E-state index contributed by atoms with van der Waals surface area (Å²) in [5, 5.41) is 33.3. The second-order valence-electron chi connectivity index (χ2n) is 9.38. The van der Waals surface area contributed by atoms with Gasteiger partial charge in [-0.05, 0) is 36.3 Å². The van der Waals surface area contributed by atoms with E-state index in [1.165, 1.54) is 24.2 Å². The average molecular weight is 529 g/mol. The van der Waals surface area contributed by atoms with Crippen LogP contribution in [-0.4, -0.2) is 70.5 Å². The van der Waals surface area contributed by atoms with Crippen molar-refractivity contribution < 1.29 is 38.8 Å². The fourth-order valence-electron chi connectivity index (χ4n) is 5.15. The van der Waals surface area contributed by atoms with Crippen LogP contribution in [0.15, 0.2) is 48.0 Å². The number of halogens is 1. The van der Waals surface area contributed by atoms with E-state index >= 15 is 0 Å². The first-order chi connectivity index (χ1) is 18.3. The molecule has 1 aliphatic heterocycles. The molecule has 4 unspecified atom stereocenters. The molecule has 38 heavy (non-hydrogen) atoms. The number of carbonyl (C=O) groups excluding carboxylic acids is 2. The van der Waals surface area contributed by atoms with Crippen molar-refractivity contribution in [2.24, 2.45) is 0 Å². The maximum absolute atomic E-state index is 14.6. The van der Waals surface area contributed by atoms with Crippen LogP contribution >= 0.6 is 0 Å². The molecule has 0 radical (unpaired) electrons. The Kier molecular flexibility index (Phi) is 8.65. The van der Waals surface area contributed by atoms with Crippen LogP contribution < -0.4 is 14.8 Å². The van der Waals surface area contributed by atoms with Crippen LogP contribution in [0.3, 0.4) is 0 Å². The van der Waals surface area contributed by atoms with E-state index in [-0.39, 0.29) is 49.8 Å². The largest absolute Gasteiger partial charge is 0.493 e. The van der Waals surface area contributed by atoms with E-state index in [2.05, 4.69) is 5.32 Å². The average Bonchev–Trinajstić information content (AvgIpc) is 3.31. The predicted molar refractivity (Wildman–Crippen MR) is 136 cm³/mol.